The summed E-state index contributed by atoms with van der Waals surface area (Å²) in [5.41, 5.74) is 0. The van der Waals surface area contributed by atoms with E-state index in [1.165, 1.54) is 32.1 Å². The maximum Gasteiger partial charge on any atom is 0.000962 e. The van der Waals surface area contributed by atoms with E-state index in [1.807, 2.05) is 0 Å². The van der Waals surface area contributed by atoms with Gasteiger partial charge in [0.1, 0.15) is 0 Å². The Kier molecular flexibility index (Phi) is 9.02. The highest BCUT2D eigenvalue weighted by Crippen LogP contribution is 2.04. The average Bonchev–Trinajstić information content (AvgIpc) is 2.10. The van der Waals surface area contributed by atoms with Crippen LogP contribution in [0.5, 0.6) is 0 Å². The Bertz CT molecular complexity index is 81.1. The Hall–Kier alpha value is -0.0400. The molecule has 0 spiro atoms. The molecule has 0 aliphatic carbocycles. The molecule has 0 aromatic rings. The molecule has 0 fully saturated rings. The molecule has 0 aliphatic heterocycles. The lowest BCUT2D eigenvalue weighted by atomic mass is 10.1. The molecule has 0 saturated carbocycles. The third-order valence-electron chi connectivity index (χ3n) is 2.24. The van der Waals surface area contributed by atoms with Crippen molar-refractivity contribution in [3.05, 3.63) is 6.42 Å². The van der Waals surface area contributed by atoms with Gasteiger partial charge in [-0.1, -0.05) is 39.5 Å². The maximum atomic E-state index is 2.40. The summed E-state index contributed by atoms with van der Waals surface area (Å²) in [7, 11) is 2.17. The molecule has 0 aromatic heterocycles. The zero-order valence-electron chi connectivity index (χ0n) is 8.97. The number of hydrogen-bond acceptors (Lipinski definition) is 1. The van der Waals surface area contributed by atoms with Gasteiger partial charge < -0.3 is 4.90 Å². The summed E-state index contributed by atoms with van der Waals surface area (Å²) < 4.78 is 0. The van der Waals surface area contributed by atoms with E-state index < -0.39 is 0 Å². The van der Waals surface area contributed by atoms with Crippen molar-refractivity contribution >= 4 is 0 Å². The number of hydrogen-bond donors (Lipinski definition) is 0. The van der Waals surface area contributed by atoms with E-state index >= 15 is 0 Å². The highest BCUT2D eigenvalue weighted by Gasteiger charge is 1.94. The fourth-order valence-electron chi connectivity index (χ4n) is 1.16. The molecule has 12 heavy (non-hydrogen) atoms. The van der Waals surface area contributed by atoms with Crippen LogP contribution in [0.4, 0.5) is 0 Å². The molecule has 0 bridgehead atoms. The Morgan fingerprint density at radius 3 is 2.42 bits per heavy atom. The minimum Gasteiger partial charge on any atom is -0.306 e. The standard InChI is InChI=1S/C11H24N/c1-4-6-7-8-9-10-11-12(3)5-2/h10H,4-9,11H2,1-3H3. The SMILES string of the molecule is CCCCCC[CH]CN(C)CC. The first-order valence-electron chi connectivity index (χ1n) is 5.31. The van der Waals surface area contributed by atoms with Gasteiger partial charge in [0, 0.05) is 6.54 Å². The molecule has 0 unspecified atom stereocenters. The first-order valence-corrected chi connectivity index (χ1v) is 5.31. The van der Waals surface area contributed by atoms with E-state index in [1.54, 1.807) is 0 Å². The van der Waals surface area contributed by atoms with Gasteiger partial charge in [-0.3, -0.25) is 0 Å². The van der Waals surface area contributed by atoms with Crippen LogP contribution < -0.4 is 0 Å². The van der Waals surface area contributed by atoms with Crippen LogP contribution >= 0.6 is 0 Å². The lowest BCUT2D eigenvalue weighted by Gasteiger charge is -2.12. The molecule has 1 heteroatoms. The molecule has 0 saturated heterocycles. The summed E-state index contributed by atoms with van der Waals surface area (Å²) in [5.74, 6) is 0. The predicted molar refractivity (Wildman–Crippen MR) is 56.2 cm³/mol. The highest BCUT2D eigenvalue weighted by molar-refractivity contribution is 4.68. The smallest absolute Gasteiger partial charge is 0.000962 e. The summed E-state index contributed by atoms with van der Waals surface area (Å²) in [6.45, 7) is 6.77. The summed E-state index contributed by atoms with van der Waals surface area (Å²) >= 11 is 0. The van der Waals surface area contributed by atoms with Crippen LogP contribution in [0.2, 0.25) is 0 Å². The molecule has 1 radical (unpaired) electrons. The molecular weight excluding hydrogens is 146 g/mol. The van der Waals surface area contributed by atoms with Crippen LogP contribution in [-0.4, -0.2) is 25.0 Å². The average molecular weight is 170 g/mol. The van der Waals surface area contributed by atoms with Crippen LogP contribution in [0.25, 0.3) is 0 Å². The Morgan fingerprint density at radius 1 is 1.08 bits per heavy atom. The van der Waals surface area contributed by atoms with Gasteiger partial charge in [-0.15, -0.1) is 0 Å². The Labute approximate surface area is 78.1 Å². The number of rotatable bonds is 8. The fourth-order valence-corrected chi connectivity index (χ4v) is 1.16. The first-order chi connectivity index (χ1) is 5.81. The summed E-state index contributed by atoms with van der Waals surface area (Å²) in [6.07, 6.45) is 9.23. The molecule has 0 rings (SSSR count). The van der Waals surface area contributed by atoms with Gasteiger partial charge in [0.15, 0.2) is 0 Å². The molecule has 1 nitrogen and oxygen atoms in total. The van der Waals surface area contributed by atoms with Crippen molar-refractivity contribution in [2.24, 2.45) is 0 Å². The largest absolute Gasteiger partial charge is 0.306 e. The molecule has 73 valence electrons. The Morgan fingerprint density at radius 2 is 1.83 bits per heavy atom. The second-order valence-electron chi connectivity index (χ2n) is 3.49. The topological polar surface area (TPSA) is 3.24 Å². The number of unbranched alkanes of at least 4 members (excludes halogenated alkanes) is 5. The second kappa shape index (κ2) is 9.05. The van der Waals surface area contributed by atoms with E-state index in [4.69, 9.17) is 0 Å². The van der Waals surface area contributed by atoms with Crippen LogP contribution in [0, 0.1) is 6.42 Å². The van der Waals surface area contributed by atoms with E-state index in [2.05, 4.69) is 32.2 Å². The van der Waals surface area contributed by atoms with E-state index in [0.717, 1.165) is 13.1 Å². The van der Waals surface area contributed by atoms with Crippen molar-refractivity contribution in [2.45, 2.75) is 46.0 Å². The fraction of sp³-hybridized carbons (Fsp3) is 0.909. The monoisotopic (exact) mass is 170 g/mol. The zero-order chi connectivity index (χ0) is 9.23. The van der Waals surface area contributed by atoms with Crippen molar-refractivity contribution < 1.29 is 0 Å². The zero-order valence-corrected chi connectivity index (χ0v) is 8.97. The molecule has 0 atom stereocenters. The summed E-state index contributed by atoms with van der Waals surface area (Å²) in [5, 5.41) is 0. The maximum absolute atomic E-state index is 2.40. The van der Waals surface area contributed by atoms with Crippen molar-refractivity contribution in [1.82, 2.24) is 4.90 Å². The van der Waals surface area contributed by atoms with E-state index in [0.29, 0.717) is 0 Å². The molecule has 0 aliphatic rings. The highest BCUT2D eigenvalue weighted by atomic mass is 15.1. The lowest BCUT2D eigenvalue weighted by Crippen LogP contribution is -2.18. The molecular formula is C11H24N. The van der Waals surface area contributed by atoms with Crippen molar-refractivity contribution in [2.75, 3.05) is 20.1 Å². The van der Waals surface area contributed by atoms with Crippen molar-refractivity contribution in [3.63, 3.8) is 0 Å². The van der Waals surface area contributed by atoms with E-state index in [-0.39, 0.29) is 0 Å². The van der Waals surface area contributed by atoms with Gasteiger partial charge in [0.2, 0.25) is 0 Å². The predicted octanol–water partition coefficient (Wildman–Crippen LogP) is 3.11. The molecule has 0 aromatic carbocycles. The first kappa shape index (κ1) is 12.0. The van der Waals surface area contributed by atoms with Gasteiger partial charge in [0.05, 0.1) is 0 Å². The normalized spacial score (nSPS) is 11.0. The minimum atomic E-state index is 1.16. The summed E-state index contributed by atoms with van der Waals surface area (Å²) in [6, 6.07) is 0. The van der Waals surface area contributed by atoms with Gasteiger partial charge in [-0.25, -0.2) is 0 Å². The van der Waals surface area contributed by atoms with Gasteiger partial charge in [-0.2, -0.15) is 0 Å². The number of nitrogens with zero attached hydrogens (tertiary/aromatic N) is 1. The van der Waals surface area contributed by atoms with Crippen molar-refractivity contribution in [1.29, 1.82) is 0 Å². The van der Waals surface area contributed by atoms with Crippen molar-refractivity contribution in [3.8, 4) is 0 Å². The van der Waals surface area contributed by atoms with Gasteiger partial charge >= 0.3 is 0 Å². The van der Waals surface area contributed by atoms with Crippen LogP contribution in [0.1, 0.15) is 46.0 Å². The van der Waals surface area contributed by atoms with Crippen LogP contribution in [0.3, 0.4) is 0 Å². The third kappa shape index (κ3) is 8.06. The molecule has 0 amide bonds. The van der Waals surface area contributed by atoms with E-state index in [9.17, 15) is 0 Å². The second-order valence-corrected chi connectivity index (χ2v) is 3.49. The third-order valence-corrected chi connectivity index (χ3v) is 2.24. The van der Waals surface area contributed by atoms with Gasteiger partial charge in [0.25, 0.3) is 0 Å². The molecule has 0 N–H and O–H groups in total. The minimum absolute atomic E-state index is 1.16. The summed E-state index contributed by atoms with van der Waals surface area (Å²) in [4.78, 5) is 2.33. The quantitative estimate of drug-likeness (QED) is 0.506. The van der Waals surface area contributed by atoms with Gasteiger partial charge in [-0.05, 0) is 26.4 Å². The molecule has 0 heterocycles. The van der Waals surface area contributed by atoms with Crippen LogP contribution in [0.15, 0.2) is 0 Å². The van der Waals surface area contributed by atoms with Crippen LogP contribution in [-0.2, 0) is 0 Å². The Balaban J connectivity index is 2.90. The lowest BCUT2D eigenvalue weighted by molar-refractivity contribution is 0.375.